The van der Waals surface area contributed by atoms with Crippen molar-refractivity contribution in [2.24, 2.45) is 0 Å². The van der Waals surface area contributed by atoms with Gasteiger partial charge in [0, 0.05) is 13.7 Å². The number of rotatable bonds is 4. The van der Waals surface area contributed by atoms with Gasteiger partial charge in [0.15, 0.2) is 5.82 Å². The zero-order valence-electron chi connectivity index (χ0n) is 7.33. The smallest absolute Gasteiger partial charge is 0.276 e. The van der Waals surface area contributed by atoms with E-state index in [0.717, 1.165) is 0 Å². The fourth-order valence-corrected chi connectivity index (χ4v) is 0.823. The first-order chi connectivity index (χ1) is 6.25. The largest absolute Gasteiger partial charge is 0.391 e. The SMILES string of the molecule is COCCNc1nc[nH]c(=O)c1N. The zero-order chi connectivity index (χ0) is 9.68. The van der Waals surface area contributed by atoms with E-state index in [1.165, 1.54) is 6.33 Å². The van der Waals surface area contributed by atoms with Gasteiger partial charge in [-0.3, -0.25) is 4.79 Å². The molecule has 0 spiro atoms. The summed E-state index contributed by atoms with van der Waals surface area (Å²) in [6, 6.07) is 0. The Morgan fingerprint density at radius 2 is 2.54 bits per heavy atom. The molecule has 0 saturated heterocycles. The van der Waals surface area contributed by atoms with Crippen molar-refractivity contribution in [3.8, 4) is 0 Å². The van der Waals surface area contributed by atoms with Gasteiger partial charge in [0.2, 0.25) is 0 Å². The van der Waals surface area contributed by atoms with Crippen LogP contribution in [-0.2, 0) is 4.74 Å². The summed E-state index contributed by atoms with van der Waals surface area (Å²) in [7, 11) is 1.59. The molecule has 0 aromatic carbocycles. The zero-order valence-corrected chi connectivity index (χ0v) is 7.33. The Balaban J connectivity index is 2.66. The molecule has 13 heavy (non-hydrogen) atoms. The first kappa shape index (κ1) is 9.53. The van der Waals surface area contributed by atoms with Crippen LogP contribution in [0.1, 0.15) is 0 Å². The van der Waals surface area contributed by atoms with Gasteiger partial charge < -0.3 is 20.8 Å². The lowest BCUT2D eigenvalue weighted by Crippen LogP contribution is -2.18. The number of H-pyrrole nitrogens is 1. The number of ether oxygens (including phenoxy) is 1. The van der Waals surface area contributed by atoms with Crippen LogP contribution >= 0.6 is 0 Å². The van der Waals surface area contributed by atoms with Crippen molar-refractivity contribution in [3.63, 3.8) is 0 Å². The molecule has 6 heteroatoms. The van der Waals surface area contributed by atoms with E-state index >= 15 is 0 Å². The molecule has 1 aromatic heterocycles. The van der Waals surface area contributed by atoms with E-state index in [1.54, 1.807) is 7.11 Å². The number of nitrogen functional groups attached to an aromatic ring is 1. The van der Waals surface area contributed by atoms with Gasteiger partial charge in [-0.15, -0.1) is 0 Å². The lowest BCUT2D eigenvalue weighted by molar-refractivity contribution is 0.210. The quantitative estimate of drug-likeness (QED) is 0.544. The number of nitrogens with zero attached hydrogens (tertiary/aromatic N) is 1. The Bertz CT molecular complexity index is 323. The molecule has 0 amide bonds. The molecule has 1 aromatic rings. The van der Waals surface area contributed by atoms with Crippen molar-refractivity contribution in [2.45, 2.75) is 0 Å². The number of aromatic nitrogens is 2. The monoisotopic (exact) mass is 184 g/mol. The van der Waals surface area contributed by atoms with Crippen molar-refractivity contribution in [3.05, 3.63) is 16.7 Å². The van der Waals surface area contributed by atoms with Crippen LogP contribution < -0.4 is 16.6 Å². The maximum absolute atomic E-state index is 11.0. The number of hydrogen-bond donors (Lipinski definition) is 3. The minimum absolute atomic E-state index is 0.0959. The number of aromatic amines is 1. The van der Waals surface area contributed by atoms with Crippen molar-refractivity contribution < 1.29 is 4.74 Å². The number of hydrogen-bond acceptors (Lipinski definition) is 5. The van der Waals surface area contributed by atoms with Crippen molar-refractivity contribution in [1.82, 2.24) is 9.97 Å². The molecule has 0 aliphatic heterocycles. The molecule has 0 unspecified atom stereocenters. The second-order valence-electron chi connectivity index (χ2n) is 2.41. The highest BCUT2D eigenvalue weighted by molar-refractivity contribution is 5.58. The molecule has 0 radical (unpaired) electrons. The highest BCUT2D eigenvalue weighted by Gasteiger charge is 2.01. The van der Waals surface area contributed by atoms with Crippen LogP contribution in [-0.4, -0.2) is 30.2 Å². The molecule has 0 bridgehead atoms. The van der Waals surface area contributed by atoms with Gasteiger partial charge in [-0.05, 0) is 0 Å². The number of nitrogens with two attached hydrogens (primary N) is 1. The second-order valence-corrected chi connectivity index (χ2v) is 2.41. The summed E-state index contributed by atoms with van der Waals surface area (Å²) < 4.78 is 4.82. The number of nitrogens with one attached hydrogen (secondary N) is 2. The van der Waals surface area contributed by atoms with Crippen LogP contribution in [0.25, 0.3) is 0 Å². The highest BCUT2D eigenvalue weighted by Crippen LogP contribution is 2.05. The lowest BCUT2D eigenvalue weighted by atomic mass is 10.4. The molecule has 0 aliphatic rings. The van der Waals surface area contributed by atoms with E-state index in [-0.39, 0.29) is 11.2 Å². The first-order valence-corrected chi connectivity index (χ1v) is 3.81. The van der Waals surface area contributed by atoms with Crippen LogP contribution in [0, 0.1) is 0 Å². The van der Waals surface area contributed by atoms with Gasteiger partial charge in [0.1, 0.15) is 5.69 Å². The summed E-state index contributed by atoms with van der Waals surface area (Å²) >= 11 is 0. The molecule has 4 N–H and O–H groups in total. The molecule has 1 rings (SSSR count). The van der Waals surface area contributed by atoms with Gasteiger partial charge in [-0.2, -0.15) is 0 Å². The Morgan fingerprint density at radius 1 is 1.77 bits per heavy atom. The Labute approximate surface area is 75.1 Å². The molecule has 0 atom stereocenters. The first-order valence-electron chi connectivity index (χ1n) is 3.81. The predicted octanol–water partition coefficient (Wildman–Crippen LogP) is -0.590. The van der Waals surface area contributed by atoms with Crippen molar-refractivity contribution >= 4 is 11.5 Å². The number of anilines is 2. The normalized spacial score (nSPS) is 9.92. The van der Waals surface area contributed by atoms with Gasteiger partial charge in [-0.1, -0.05) is 0 Å². The van der Waals surface area contributed by atoms with Gasteiger partial charge in [0.05, 0.1) is 12.9 Å². The van der Waals surface area contributed by atoms with E-state index in [0.29, 0.717) is 19.0 Å². The number of methoxy groups -OCH3 is 1. The molecule has 0 aliphatic carbocycles. The minimum Gasteiger partial charge on any atom is -0.391 e. The van der Waals surface area contributed by atoms with E-state index in [4.69, 9.17) is 10.5 Å². The Kier molecular flexibility index (Phi) is 3.27. The van der Waals surface area contributed by atoms with Gasteiger partial charge in [-0.25, -0.2) is 4.98 Å². The minimum atomic E-state index is -0.338. The van der Waals surface area contributed by atoms with Crippen LogP contribution in [0.3, 0.4) is 0 Å². The highest BCUT2D eigenvalue weighted by atomic mass is 16.5. The second kappa shape index (κ2) is 4.46. The Hall–Kier alpha value is -1.56. The third-order valence-corrected chi connectivity index (χ3v) is 1.49. The van der Waals surface area contributed by atoms with Crippen LogP contribution in [0.15, 0.2) is 11.1 Å². The predicted molar refractivity (Wildman–Crippen MR) is 49.6 cm³/mol. The van der Waals surface area contributed by atoms with Crippen molar-refractivity contribution in [2.75, 3.05) is 31.3 Å². The third kappa shape index (κ3) is 2.45. The molecular formula is C7H12N4O2. The fourth-order valence-electron chi connectivity index (χ4n) is 0.823. The molecule has 0 fully saturated rings. The average Bonchev–Trinajstić information content (AvgIpc) is 2.13. The average molecular weight is 184 g/mol. The van der Waals surface area contributed by atoms with Gasteiger partial charge in [0.25, 0.3) is 5.56 Å². The topological polar surface area (TPSA) is 93.0 Å². The summed E-state index contributed by atoms with van der Waals surface area (Å²) in [6.07, 6.45) is 1.30. The third-order valence-electron chi connectivity index (χ3n) is 1.49. The van der Waals surface area contributed by atoms with E-state index in [2.05, 4.69) is 15.3 Å². The lowest BCUT2D eigenvalue weighted by Gasteiger charge is -2.05. The molecule has 0 saturated carbocycles. The summed E-state index contributed by atoms with van der Waals surface area (Å²) in [5.41, 5.74) is 5.21. The Morgan fingerprint density at radius 3 is 3.23 bits per heavy atom. The molecule has 6 nitrogen and oxygen atoms in total. The van der Waals surface area contributed by atoms with Crippen LogP contribution in [0.5, 0.6) is 0 Å². The summed E-state index contributed by atoms with van der Waals surface area (Å²) in [5, 5.41) is 2.87. The summed E-state index contributed by atoms with van der Waals surface area (Å²) in [5.74, 6) is 0.390. The maximum Gasteiger partial charge on any atom is 0.276 e. The van der Waals surface area contributed by atoms with Crippen LogP contribution in [0.2, 0.25) is 0 Å². The fraction of sp³-hybridized carbons (Fsp3) is 0.429. The van der Waals surface area contributed by atoms with E-state index in [9.17, 15) is 4.79 Å². The van der Waals surface area contributed by atoms with Crippen molar-refractivity contribution in [1.29, 1.82) is 0 Å². The van der Waals surface area contributed by atoms with E-state index < -0.39 is 0 Å². The maximum atomic E-state index is 11.0. The van der Waals surface area contributed by atoms with Crippen LogP contribution in [0.4, 0.5) is 11.5 Å². The molecular weight excluding hydrogens is 172 g/mol. The molecule has 1 heterocycles. The van der Waals surface area contributed by atoms with Gasteiger partial charge >= 0.3 is 0 Å². The molecule has 72 valence electrons. The van der Waals surface area contributed by atoms with E-state index in [1.807, 2.05) is 0 Å². The summed E-state index contributed by atoms with van der Waals surface area (Å²) in [4.78, 5) is 17.2. The summed E-state index contributed by atoms with van der Waals surface area (Å²) in [6.45, 7) is 1.10. The standard InChI is InChI=1S/C7H12N4O2/c1-13-3-2-9-6-5(8)7(12)11-4-10-6/h4H,2-3,8H2,1H3,(H2,9,10,11,12).